The Morgan fingerprint density at radius 1 is 1.11 bits per heavy atom. The fraction of sp³-hybridized carbons (Fsp3) is 0.500. The third kappa shape index (κ3) is 2.99. The van der Waals surface area contributed by atoms with Crippen molar-refractivity contribution in [2.45, 2.75) is 12.8 Å². The van der Waals surface area contributed by atoms with Crippen molar-refractivity contribution in [2.24, 2.45) is 0 Å². The summed E-state index contributed by atoms with van der Waals surface area (Å²) in [6.45, 7) is 8.16. The number of piperazine rings is 1. The van der Waals surface area contributed by atoms with Crippen molar-refractivity contribution in [3.8, 4) is 0 Å². The highest BCUT2D eigenvalue weighted by atomic mass is 19.2. The van der Waals surface area contributed by atoms with Gasteiger partial charge < -0.3 is 4.90 Å². The Kier molecular flexibility index (Phi) is 4.53. The van der Waals surface area contributed by atoms with Crippen LogP contribution in [0.1, 0.15) is 12.8 Å². The molecule has 0 unspecified atom stereocenters. The molecule has 0 aromatic heterocycles. The van der Waals surface area contributed by atoms with Crippen molar-refractivity contribution in [3.63, 3.8) is 0 Å². The largest absolute Gasteiger partial charge is 0.367 e. The Hall–Kier alpha value is -1.16. The van der Waals surface area contributed by atoms with Gasteiger partial charge in [0.1, 0.15) is 0 Å². The van der Waals surface area contributed by atoms with Crippen molar-refractivity contribution in [1.29, 1.82) is 0 Å². The highest BCUT2D eigenvalue weighted by Crippen LogP contribution is 2.22. The molecule has 1 aromatic carbocycles. The smallest absolute Gasteiger partial charge is 0.182 e. The molecule has 2 rings (SSSR count). The average Bonchev–Trinajstić information content (AvgIpc) is 2.40. The van der Waals surface area contributed by atoms with Gasteiger partial charge in [0.15, 0.2) is 11.6 Å². The number of unbranched alkanes of at least 4 members (excludes halogenated alkanes) is 1. The molecule has 0 aliphatic carbocycles. The van der Waals surface area contributed by atoms with Gasteiger partial charge in [0, 0.05) is 26.2 Å². The van der Waals surface area contributed by atoms with E-state index in [1.54, 1.807) is 12.1 Å². The van der Waals surface area contributed by atoms with Crippen LogP contribution in [-0.2, 0) is 0 Å². The van der Waals surface area contributed by atoms with Crippen molar-refractivity contribution in [2.75, 3.05) is 37.6 Å². The third-order valence-corrected chi connectivity index (χ3v) is 3.37. The molecule has 1 aromatic rings. The number of hydrogen-bond donors (Lipinski definition) is 0. The lowest BCUT2D eigenvalue weighted by Crippen LogP contribution is -2.46. The Balaban J connectivity index is 1.95. The molecule has 0 saturated carbocycles. The monoisotopic (exact) mass is 253 g/mol. The van der Waals surface area contributed by atoms with Crippen molar-refractivity contribution >= 4 is 5.69 Å². The number of nitrogens with zero attached hydrogens (tertiary/aromatic N) is 2. The van der Waals surface area contributed by atoms with Crippen LogP contribution in [0.15, 0.2) is 18.2 Å². The second-order valence-electron chi connectivity index (χ2n) is 4.61. The first-order chi connectivity index (χ1) is 8.72. The van der Waals surface area contributed by atoms with E-state index in [9.17, 15) is 8.78 Å². The summed E-state index contributed by atoms with van der Waals surface area (Å²) >= 11 is 0. The Morgan fingerprint density at radius 2 is 1.83 bits per heavy atom. The molecule has 0 N–H and O–H groups in total. The molecule has 0 amide bonds. The summed E-state index contributed by atoms with van der Waals surface area (Å²) < 4.78 is 26.8. The summed E-state index contributed by atoms with van der Waals surface area (Å²) in [5, 5.41) is 0. The van der Waals surface area contributed by atoms with Gasteiger partial charge in [0.2, 0.25) is 0 Å². The Morgan fingerprint density at radius 3 is 2.50 bits per heavy atom. The van der Waals surface area contributed by atoms with Gasteiger partial charge in [-0.25, -0.2) is 8.78 Å². The lowest BCUT2D eigenvalue weighted by atomic mass is 10.2. The van der Waals surface area contributed by atoms with Crippen LogP contribution in [0.2, 0.25) is 0 Å². The zero-order valence-corrected chi connectivity index (χ0v) is 10.5. The van der Waals surface area contributed by atoms with Gasteiger partial charge in [-0.3, -0.25) is 4.90 Å². The maximum atomic E-state index is 13.6. The van der Waals surface area contributed by atoms with Crippen LogP contribution in [0.5, 0.6) is 0 Å². The number of hydrogen-bond acceptors (Lipinski definition) is 2. The minimum absolute atomic E-state index is 0.381. The van der Waals surface area contributed by atoms with Gasteiger partial charge in [-0.05, 0) is 25.1 Å². The summed E-state index contributed by atoms with van der Waals surface area (Å²) in [6.07, 6.45) is 2.03. The van der Waals surface area contributed by atoms with Crippen LogP contribution >= 0.6 is 0 Å². The van der Waals surface area contributed by atoms with Crippen LogP contribution < -0.4 is 4.90 Å². The lowest BCUT2D eigenvalue weighted by molar-refractivity contribution is 0.254. The normalized spacial score (nSPS) is 17.2. The molecule has 0 atom stereocenters. The molecule has 0 spiro atoms. The van der Waals surface area contributed by atoms with Gasteiger partial charge >= 0.3 is 0 Å². The molecule has 1 aliphatic heterocycles. The highest BCUT2D eigenvalue weighted by molar-refractivity contribution is 5.48. The SMILES string of the molecule is [CH2]CCCN1CCN(c2cccc(F)c2F)CC1. The zero-order valence-electron chi connectivity index (χ0n) is 10.5. The second kappa shape index (κ2) is 6.14. The van der Waals surface area contributed by atoms with E-state index in [-0.39, 0.29) is 0 Å². The summed E-state index contributed by atoms with van der Waals surface area (Å²) in [5.74, 6) is -1.50. The van der Waals surface area contributed by atoms with Crippen molar-refractivity contribution in [3.05, 3.63) is 36.8 Å². The predicted molar refractivity (Wildman–Crippen MR) is 69.6 cm³/mol. The fourth-order valence-electron chi connectivity index (χ4n) is 2.28. The number of benzene rings is 1. The van der Waals surface area contributed by atoms with Gasteiger partial charge in [-0.1, -0.05) is 19.4 Å². The Bertz CT molecular complexity index is 387. The Labute approximate surface area is 107 Å². The molecule has 1 heterocycles. The number of anilines is 1. The molecular formula is C14H19F2N2. The molecule has 0 bridgehead atoms. The topological polar surface area (TPSA) is 6.48 Å². The van der Waals surface area contributed by atoms with E-state index in [0.717, 1.165) is 51.6 Å². The summed E-state index contributed by atoms with van der Waals surface area (Å²) in [7, 11) is 0. The van der Waals surface area contributed by atoms with E-state index in [2.05, 4.69) is 11.8 Å². The molecule has 99 valence electrons. The summed E-state index contributed by atoms with van der Waals surface area (Å²) in [4.78, 5) is 4.26. The van der Waals surface area contributed by atoms with Crippen LogP contribution in [0.4, 0.5) is 14.5 Å². The molecule has 4 heteroatoms. The molecular weight excluding hydrogens is 234 g/mol. The molecule has 1 radical (unpaired) electrons. The molecule has 1 aliphatic rings. The fourth-order valence-corrected chi connectivity index (χ4v) is 2.28. The molecule has 1 saturated heterocycles. The minimum Gasteiger partial charge on any atom is -0.367 e. The maximum Gasteiger partial charge on any atom is 0.182 e. The van der Waals surface area contributed by atoms with E-state index in [4.69, 9.17) is 0 Å². The average molecular weight is 253 g/mol. The summed E-state index contributed by atoms with van der Waals surface area (Å²) in [5.41, 5.74) is 0.381. The first kappa shape index (κ1) is 13.3. The van der Waals surface area contributed by atoms with Crippen LogP contribution in [-0.4, -0.2) is 37.6 Å². The third-order valence-electron chi connectivity index (χ3n) is 3.37. The molecule has 18 heavy (non-hydrogen) atoms. The number of halogens is 2. The van der Waals surface area contributed by atoms with Gasteiger partial charge in [-0.15, -0.1) is 0 Å². The van der Waals surface area contributed by atoms with E-state index in [1.807, 2.05) is 4.90 Å². The lowest BCUT2D eigenvalue weighted by Gasteiger charge is -2.36. The standard InChI is InChI=1S/C14H19F2N2/c1-2-3-7-17-8-10-18(11-9-17)13-6-4-5-12(15)14(13)16/h4-6H,1-3,7-11H2. The first-order valence-electron chi connectivity index (χ1n) is 6.43. The predicted octanol–water partition coefficient (Wildman–Crippen LogP) is 2.70. The highest BCUT2D eigenvalue weighted by Gasteiger charge is 2.20. The molecule has 1 fully saturated rings. The van der Waals surface area contributed by atoms with Gasteiger partial charge in [-0.2, -0.15) is 0 Å². The van der Waals surface area contributed by atoms with Crippen LogP contribution in [0, 0.1) is 18.6 Å². The molecule has 2 nitrogen and oxygen atoms in total. The maximum absolute atomic E-state index is 13.6. The number of rotatable bonds is 4. The van der Waals surface area contributed by atoms with E-state index >= 15 is 0 Å². The quantitative estimate of drug-likeness (QED) is 0.814. The van der Waals surface area contributed by atoms with Gasteiger partial charge in [0.25, 0.3) is 0 Å². The second-order valence-corrected chi connectivity index (χ2v) is 4.61. The summed E-state index contributed by atoms with van der Waals surface area (Å²) in [6, 6.07) is 4.36. The van der Waals surface area contributed by atoms with E-state index < -0.39 is 11.6 Å². The van der Waals surface area contributed by atoms with E-state index in [1.165, 1.54) is 0 Å². The van der Waals surface area contributed by atoms with Crippen molar-refractivity contribution < 1.29 is 8.78 Å². The minimum atomic E-state index is -0.771. The van der Waals surface area contributed by atoms with E-state index in [0.29, 0.717) is 5.69 Å². The van der Waals surface area contributed by atoms with Crippen LogP contribution in [0.3, 0.4) is 0 Å². The first-order valence-corrected chi connectivity index (χ1v) is 6.43. The van der Waals surface area contributed by atoms with Crippen molar-refractivity contribution in [1.82, 2.24) is 4.90 Å². The zero-order chi connectivity index (χ0) is 13.0. The van der Waals surface area contributed by atoms with Gasteiger partial charge in [0.05, 0.1) is 5.69 Å². The van der Waals surface area contributed by atoms with Crippen LogP contribution in [0.25, 0.3) is 0 Å².